The Labute approximate surface area is 184 Å². The van der Waals surface area contributed by atoms with Gasteiger partial charge in [-0.05, 0) is 35.8 Å². The van der Waals surface area contributed by atoms with Crippen LogP contribution >= 0.6 is 0 Å². The lowest BCUT2D eigenvalue weighted by Crippen LogP contribution is -2.50. The van der Waals surface area contributed by atoms with Crippen LogP contribution in [0.4, 0.5) is 0 Å². The molecule has 5 nitrogen and oxygen atoms in total. The number of hydrogen-bond donors (Lipinski definition) is 1. The first-order chi connectivity index (χ1) is 15.2. The highest BCUT2D eigenvalue weighted by Gasteiger charge is 2.46. The summed E-state index contributed by atoms with van der Waals surface area (Å²) < 4.78 is 0. The molecule has 2 aromatic rings. The van der Waals surface area contributed by atoms with E-state index in [0.29, 0.717) is 24.3 Å². The van der Waals surface area contributed by atoms with Crippen molar-refractivity contribution in [1.82, 2.24) is 15.1 Å². The van der Waals surface area contributed by atoms with E-state index in [4.69, 9.17) is 0 Å². The molecule has 1 heterocycles. The molecule has 2 saturated carbocycles. The van der Waals surface area contributed by atoms with Crippen molar-refractivity contribution in [3.05, 3.63) is 71.8 Å². The third-order valence-corrected chi connectivity index (χ3v) is 7.10. The number of nitrogens with one attached hydrogen (secondary N) is 1. The molecule has 1 aliphatic heterocycles. The zero-order valence-corrected chi connectivity index (χ0v) is 18.0. The molecular weight excluding hydrogens is 386 g/mol. The summed E-state index contributed by atoms with van der Waals surface area (Å²) >= 11 is 0. The Morgan fingerprint density at radius 2 is 1.32 bits per heavy atom. The predicted molar refractivity (Wildman–Crippen MR) is 121 cm³/mol. The third-order valence-electron chi connectivity index (χ3n) is 7.10. The van der Waals surface area contributed by atoms with Crippen molar-refractivity contribution < 1.29 is 9.59 Å². The second kappa shape index (κ2) is 8.83. The minimum atomic E-state index is 0.132. The van der Waals surface area contributed by atoms with Gasteiger partial charge in [0.1, 0.15) is 0 Å². The minimum absolute atomic E-state index is 0.132. The van der Waals surface area contributed by atoms with Gasteiger partial charge in [0.15, 0.2) is 0 Å². The highest BCUT2D eigenvalue weighted by molar-refractivity contribution is 5.83. The van der Waals surface area contributed by atoms with Crippen LogP contribution < -0.4 is 5.32 Å². The predicted octanol–water partition coefficient (Wildman–Crippen LogP) is 2.85. The molecule has 162 valence electrons. The van der Waals surface area contributed by atoms with Gasteiger partial charge in [-0.1, -0.05) is 60.7 Å². The zero-order valence-electron chi connectivity index (χ0n) is 18.0. The molecule has 5 heteroatoms. The van der Waals surface area contributed by atoms with Crippen LogP contribution in [0.2, 0.25) is 0 Å². The monoisotopic (exact) mass is 417 g/mol. The van der Waals surface area contributed by atoms with Crippen molar-refractivity contribution in [3.8, 4) is 0 Å². The van der Waals surface area contributed by atoms with Crippen LogP contribution in [0, 0.1) is 11.8 Å². The number of carbonyl (C=O) groups excluding carboxylic acids is 2. The Bertz CT molecular complexity index is 906. The number of carbonyl (C=O) groups is 2. The zero-order chi connectivity index (χ0) is 21.2. The molecule has 5 rings (SSSR count). The van der Waals surface area contributed by atoms with Crippen molar-refractivity contribution in [2.45, 2.75) is 24.7 Å². The summed E-state index contributed by atoms with van der Waals surface area (Å²) in [6.45, 7) is 4.91. The van der Waals surface area contributed by atoms with Crippen LogP contribution in [0.15, 0.2) is 60.7 Å². The number of piperazine rings is 1. The Balaban J connectivity index is 0.998. The van der Waals surface area contributed by atoms with Gasteiger partial charge >= 0.3 is 0 Å². The van der Waals surface area contributed by atoms with Crippen LogP contribution in [-0.2, 0) is 9.59 Å². The van der Waals surface area contributed by atoms with Gasteiger partial charge in [-0.25, -0.2) is 0 Å². The SMILES string of the molecule is O=C(NCCN1CCN(C(=O)[C@@H]2C[C@@H]2c2ccccc2)CC1)[C@@H]1C[C@@H]1c1ccccc1. The third kappa shape index (κ3) is 4.67. The fraction of sp³-hybridized carbons (Fsp3) is 0.462. The minimum Gasteiger partial charge on any atom is -0.355 e. The number of hydrogen-bond acceptors (Lipinski definition) is 3. The topological polar surface area (TPSA) is 52.7 Å². The van der Waals surface area contributed by atoms with Crippen LogP contribution in [-0.4, -0.2) is 60.9 Å². The standard InChI is InChI=1S/C26H31N3O2/c30-25(23-17-21(23)19-7-3-1-4-8-19)27-11-12-28-13-15-29(16-14-28)26(31)24-18-22(24)20-9-5-2-6-10-20/h1-10,21-24H,11-18H2,(H,27,30)/t21-,22-,23-,24-/m1/s1. The lowest BCUT2D eigenvalue weighted by Gasteiger charge is -2.35. The molecule has 1 saturated heterocycles. The number of amides is 2. The Morgan fingerprint density at radius 3 is 1.94 bits per heavy atom. The van der Waals surface area contributed by atoms with E-state index in [1.807, 2.05) is 29.2 Å². The molecule has 3 aliphatic rings. The van der Waals surface area contributed by atoms with Gasteiger partial charge in [-0.15, -0.1) is 0 Å². The van der Waals surface area contributed by atoms with Crippen LogP contribution in [0.25, 0.3) is 0 Å². The maximum Gasteiger partial charge on any atom is 0.226 e. The van der Waals surface area contributed by atoms with Gasteiger partial charge in [0, 0.05) is 51.1 Å². The number of rotatable bonds is 7. The van der Waals surface area contributed by atoms with Crippen molar-refractivity contribution in [2.24, 2.45) is 11.8 Å². The molecule has 0 unspecified atom stereocenters. The highest BCUT2D eigenvalue weighted by Crippen LogP contribution is 2.48. The first-order valence-electron chi connectivity index (χ1n) is 11.6. The van der Waals surface area contributed by atoms with Gasteiger partial charge in [0.25, 0.3) is 0 Å². The molecule has 0 spiro atoms. The van der Waals surface area contributed by atoms with Crippen molar-refractivity contribution in [3.63, 3.8) is 0 Å². The van der Waals surface area contributed by atoms with Crippen LogP contribution in [0.3, 0.4) is 0 Å². The molecule has 2 amide bonds. The number of benzene rings is 2. The Kier molecular flexibility index (Phi) is 5.77. The van der Waals surface area contributed by atoms with E-state index in [1.54, 1.807) is 0 Å². The van der Waals surface area contributed by atoms with Crippen molar-refractivity contribution in [1.29, 1.82) is 0 Å². The molecular formula is C26H31N3O2. The average molecular weight is 418 g/mol. The Morgan fingerprint density at radius 1 is 0.774 bits per heavy atom. The molecule has 31 heavy (non-hydrogen) atoms. The summed E-state index contributed by atoms with van der Waals surface area (Å²) in [7, 11) is 0. The smallest absolute Gasteiger partial charge is 0.226 e. The summed E-state index contributed by atoms with van der Waals surface area (Å²) in [6.07, 6.45) is 1.95. The maximum atomic E-state index is 12.8. The maximum absolute atomic E-state index is 12.8. The number of nitrogens with zero attached hydrogens (tertiary/aromatic N) is 2. The fourth-order valence-corrected chi connectivity index (χ4v) is 4.98. The Hall–Kier alpha value is -2.66. The summed E-state index contributed by atoms with van der Waals surface area (Å²) in [6, 6.07) is 20.7. The van der Waals surface area contributed by atoms with Crippen LogP contribution in [0.1, 0.15) is 35.8 Å². The van der Waals surface area contributed by atoms with Crippen molar-refractivity contribution >= 4 is 11.8 Å². The quantitative estimate of drug-likeness (QED) is 0.754. The second-order valence-corrected chi connectivity index (χ2v) is 9.18. The van der Waals surface area contributed by atoms with E-state index in [0.717, 1.165) is 45.6 Å². The molecule has 3 fully saturated rings. The van der Waals surface area contributed by atoms with Gasteiger partial charge in [0.2, 0.25) is 11.8 Å². The second-order valence-electron chi connectivity index (χ2n) is 9.18. The summed E-state index contributed by atoms with van der Waals surface area (Å²) in [5.74, 6) is 1.60. The van der Waals surface area contributed by atoms with E-state index in [-0.39, 0.29) is 17.7 Å². The summed E-state index contributed by atoms with van der Waals surface area (Å²) in [5.41, 5.74) is 2.56. The highest BCUT2D eigenvalue weighted by atomic mass is 16.2. The lowest BCUT2D eigenvalue weighted by atomic mass is 10.1. The van der Waals surface area contributed by atoms with Gasteiger partial charge in [0.05, 0.1) is 0 Å². The molecule has 0 bridgehead atoms. The van der Waals surface area contributed by atoms with E-state index in [9.17, 15) is 9.59 Å². The molecule has 4 atom stereocenters. The molecule has 2 aliphatic carbocycles. The van der Waals surface area contributed by atoms with E-state index >= 15 is 0 Å². The molecule has 1 N–H and O–H groups in total. The van der Waals surface area contributed by atoms with Gasteiger partial charge in [-0.3, -0.25) is 14.5 Å². The van der Waals surface area contributed by atoms with Gasteiger partial charge in [-0.2, -0.15) is 0 Å². The summed E-state index contributed by atoms with van der Waals surface area (Å²) in [5, 5.41) is 3.12. The molecule has 2 aromatic carbocycles. The van der Waals surface area contributed by atoms with Crippen LogP contribution in [0.5, 0.6) is 0 Å². The van der Waals surface area contributed by atoms with Crippen molar-refractivity contribution in [2.75, 3.05) is 39.3 Å². The fourth-order valence-electron chi connectivity index (χ4n) is 4.98. The van der Waals surface area contributed by atoms with Gasteiger partial charge < -0.3 is 10.2 Å². The average Bonchev–Trinajstić information content (AvgIpc) is 3.74. The normalized spacial score (nSPS) is 27.5. The summed E-state index contributed by atoms with van der Waals surface area (Å²) in [4.78, 5) is 29.6. The lowest BCUT2D eigenvalue weighted by molar-refractivity contribution is -0.134. The largest absolute Gasteiger partial charge is 0.355 e. The van der Waals surface area contributed by atoms with E-state index in [1.165, 1.54) is 11.1 Å². The molecule has 0 radical (unpaired) electrons. The first-order valence-corrected chi connectivity index (χ1v) is 11.6. The van der Waals surface area contributed by atoms with E-state index in [2.05, 4.69) is 46.6 Å². The first kappa shape index (κ1) is 20.3. The van der Waals surface area contributed by atoms with E-state index < -0.39 is 0 Å². The molecule has 0 aromatic heterocycles.